The van der Waals surface area contributed by atoms with Gasteiger partial charge in [-0.1, -0.05) is 11.6 Å². The van der Waals surface area contributed by atoms with E-state index in [9.17, 15) is 4.39 Å². The van der Waals surface area contributed by atoms with E-state index in [-0.39, 0.29) is 12.4 Å². The lowest BCUT2D eigenvalue weighted by Gasteiger charge is -2.17. The Kier molecular flexibility index (Phi) is 4.60. The highest BCUT2D eigenvalue weighted by Gasteiger charge is 2.22. The zero-order chi connectivity index (χ0) is 13.1. The highest BCUT2D eigenvalue weighted by molar-refractivity contribution is 6.31. The molecule has 2 rings (SSSR count). The Bertz CT molecular complexity index is 425. The quantitative estimate of drug-likeness (QED) is 0.910. The van der Waals surface area contributed by atoms with Crippen molar-refractivity contribution in [3.05, 3.63) is 34.1 Å². The predicted molar refractivity (Wildman–Crippen MR) is 71.2 cm³/mol. The number of rotatable bonds is 4. The Hall–Kier alpha value is -0.640. The minimum Gasteiger partial charge on any atom is -0.396 e. The zero-order valence-corrected chi connectivity index (χ0v) is 11.4. The topological polar surface area (TPSA) is 23.5 Å². The number of halogens is 2. The van der Waals surface area contributed by atoms with Gasteiger partial charge in [-0.3, -0.25) is 4.90 Å². The number of benzene rings is 1. The number of hydrogen-bond donors (Lipinski definition) is 1. The number of likely N-dealkylation sites (tertiary alicyclic amines) is 1. The van der Waals surface area contributed by atoms with E-state index in [0.29, 0.717) is 23.0 Å². The summed E-state index contributed by atoms with van der Waals surface area (Å²) in [5.41, 5.74) is 1.44. The molecule has 1 heterocycles. The van der Waals surface area contributed by atoms with Gasteiger partial charge < -0.3 is 5.11 Å². The van der Waals surface area contributed by atoms with Crippen LogP contribution >= 0.6 is 11.6 Å². The molecule has 0 bridgehead atoms. The van der Waals surface area contributed by atoms with Gasteiger partial charge in [0, 0.05) is 24.7 Å². The van der Waals surface area contributed by atoms with Gasteiger partial charge in [-0.15, -0.1) is 0 Å². The van der Waals surface area contributed by atoms with Crippen molar-refractivity contribution >= 4 is 11.6 Å². The van der Waals surface area contributed by atoms with Crippen molar-refractivity contribution in [3.63, 3.8) is 0 Å². The molecule has 4 heteroatoms. The molecule has 1 aromatic carbocycles. The maximum Gasteiger partial charge on any atom is 0.126 e. The number of hydrogen-bond acceptors (Lipinski definition) is 2. The van der Waals surface area contributed by atoms with Crippen molar-refractivity contribution < 1.29 is 9.50 Å². The van der Waals surface area contributed by atoms with Crippen molar-refractivity contribution in [1.29, 1.82) is 0 Å². The largest absolute Gasteiger partial charge is 0.396 e. The minimum absolute atomic E-state index is 0.194. The van der Waals surface area contributed by atoms with Crippen LogP contribution in [0.5, 0.6) is 0 Å². The van der Waals surface area contributed by atoms with Crippen LogP contribution in [0.2, 0.25) is 5.02 Å². The fourth-order valence-corrected chi connectivity index (χ4v) is 2.80. The first-order chi connectivity index (χ1) is 8.60. The summed E-state index contributed by atoms with van der Waals surface area (Å²) >= 11 is 6.14. The fraction of sp³-hybridized carbons (Fsp3) is 0.571. The summed E-state index contributed by atoms with van der Waals surface area (Å²) in [6.07, 6.45) is 1.96. The molecule has 0 spiro atoms. The second-order valence-corrected chi connectivity index (χ2v) is 5.50. The van der Waals surface area contributed by atoms with Gasteiger partial charge in [-0.2, -0.15) is 0 Å². The number of nitrogens with zero attached hydrogens (tertiary/aromatic N) is 1. The lowest BCUT2D eigenvalue weighted by atomic mass is 10.1. The molecule has 1 atom stereocenters. The molecular formula is C14H19ClFNO. The van der Waals surface area contributed by atoms with E-state index in [1.165, 1.54) is 6.07 Å². The molecule has 1 N–H and O–H groups in total. The Morgan fingerprint density at radius 1 is 1.50 bits per heavy atom. The Balaban J connectivity index is 2.00. The fourth-order valence-electron chi connectivity index (χ4n) is 2.52. The zero-order valence-electron chi connectivity index (χ0n) is 10.6. The van der Waals surface area contributed by atoms with E-state index in [4.69, 9.17) is 16.7 Å². The highest BCUT2D eigenvalue weighted by atomic mass is 35.5. The van der Waals surface area contributed by atoms with Gasteiger partial charge in [0.2, 0.25) is 0 Å². The Morgan fingerprint density at radius 3 is 3.00 bits per heavy atom. The first kappa shape index (κ1) is 13.8. The summed E-state index contributed by atoms with van der Waals surface area (Å²) < 4.78 is 13.5. The summed E-state index contributed by atoms with van der Waals surface area (Å²) in [7, 11) is 0. The van der Waals surface area contributed by atoms with Crippen LogP contribution in [0.1, 0.15) is 24.0 Å². The van der Waals surface area contributed by atoms with Gasteiger partial charge in [-0.25, -0.2) is 4.39 Å². The van der Waals surface area contributed by atoms with E-state index in [0.717, 1.165) is 31.5 Å². The maximum atomic E-state index is 13.5. The number of aryl methyl sites for hydroxylation is 1. The minimum atomic E-state index is -0.194. The SMILES string of the molecule is Cc1cc(Cl)c(CN2CCC(CCO)C2)cc1F. The van der Waals surface area contributed by atoms with Crippen LogP contribution in [-0.4, -0.2) is 29.7 Å². The van der Waals surface area contributed by atoms with Gasteiger partial charge >= 0.3 is 0 Å². The van der Waals surface area contributed by atoms with Crippen LogP contribution in [0.15, 0.2) is 12.1 Å². The van der Waals surface area contributed by atoms with E-state index >= 15 is 0 Å². The van der Waals surface area contributed by atoms with Crippen LogP contribution in [0.3, 0.4) is 0 Å². The summed E-state index contributed by atoms with van der Waals surface area (Å²) in [5, 5.41) is 9.56. The van der Waals surface area contributed by atoms with E-state index < -0.39 is 0 Å². The monoisotopic (exact) mass is 271 g/mol. The first-order valence-corrected chi connectivity index (χ1v) is 6.75. The molecule has 0 aromatic heterocycles. The number of aliphatic hydroxyl groups excluding tert-OH is 1. The average molecular weight is 272 g/mol. The lowest BCUT2D eigenvalue weighted by Crippen LogP contribution is -2.20. The van der Waals surface area contributed by atoms with Gasteiger partial charge in [0.25, 0.3) is 0 Å². The normalized spacial score (nSPS) is 20.6. The second kappa shape index (κ2) is 6.00. The molecule has 1 fully saturated rings. The molecule has 18 heavy (non-hydrogen) atoms. The second-order valence-electron chi connectivity index (χ2n) is 5.09. The highest BCUT2D eigenvalue weighted by Crippen LogP contribution is 2.25. The van der Waals surface area contributed by atoms with Crippen LogP contribution in [0.25, 0.3) is 0 Å². The van der Waals surface area contributed by atoms with Crippen LogP contribution in [0.4, 0.5) is 4.39 Å². The molecule has 1 unspecified atom stereocenters. The molecule has 0 aliphatic carbocycles. The van der Waals surface area contributed by atoms with Crippen molar-refractivity contribution in [2.45, 2.75) is 26.3 Å². The molecule has 0 radical (unpaired) electrons. The first-order valence-electron chi connectivity index (χ1n) is 6.38. The number of aliphatic hydroxyl groups is 1. The molecule has 0 saturated carbocycles. The summed E-state index contributed by atoms with van der Waals surface area (Å²) in [6.45, 7) is 4.62. The van der Waals surface area contributed by atoms with E-state index in [2.05, 4.69) is 4.90 Å². The van der Waals surface area contributed by atoms with Gasteiger partial charge in [0.05, 0.1) is 0 Å². The van der Waals surface area contributed by atoms with E-state index in [1.807, 2.05) is 0 Å². The summed E-state index contributed by atoms with van der Waals surface area (Å²) in [4.78, 5) is 2.27. The average Bonchev–Trinajstić information content (AvgIpc) is 2.74. The Morgan fingerprint density at radius 2 is 2.28 bits per heavy atom. The van der Waals surface area contributed by atoms with Crippen molar-refractivity contribution in [3.8, 4) is 0 Å². The molecule has 1 saturated heterocycles. The van der Waals surface area contributed by atoms with Crippen LogP contribution in [-0.2, 0) is 6.54 Å². The maximum absolute atomic E-state index is 13.5. The van der Waals surface area contributed by atoms with Gasteiger partial charge in [0.15, 0.2) is 0 Å². The summed E-state index contributed by atoms with van der Waals surface area (Å²) in [6, 6.07) is 3.23. The molecule has 1 aliphatic heterocycles. The lowest BCUT2D eigenvalue weighted by molar-refractivity contribution is 0.249. The third-order valence-electron chi connectivity index (χ3n) is 3.63. The predicted octanol–water partition coefficient (Wildman–Crippen LogP) is 2.99. The van der Waals surface area contributed by atoms with E-state index in [1.54, 1.807) is 13.0 Å². The van der Waals surface area contributed by atoms with Crippen molar-refractivity contribution in [2.24, 2.45) is 5.92 Å². The third-order valence-corrected chi connectivity index (χ3v) is 3.98. The van der Waals surface area contributed by atoms with Crippen LogP contribution < -0.4 is 0 Å². The summed E-state index contributed by atoms with van der Waals surface area (Å²) in [5.74, 6) is 0.365. The van der Waals surface area contributed by atoms with Crippen molar-refractivity contribution in [1.82, 2.24) is 4.90 Å². The van der Waals surface area contributed by atoms with Crippen molar-refractivity contribution in [2.75, 3.05) is 19.7 Å². The third kappa shape index (κ3) is 3.22. The van der Waals surface area contributed by atoms with Crippen LogP contribution in [0, 0.1) is 18.7 Å². The standard InChI is InChI=1S/C14H19ClFNO/c1-10-6-13(15)12(7-14(10)16)9-17-4-2-11(8-17)3-5-18/h6-7,11,18H,2-5,8-9H2,1H3. The van der Waals surface area contributed by atoms with Gasteiger partial charge in [-0.05, 0) is 55.5 Å². The Labute approximate surface area is 112 Å². The molecule has 100 valence electrons. The van der Waals surface area contributed by atoms with Gasteiger partial charge in [0.1, 0.15) is 5.82 Å². The molecular weight excluding hydrogens is 253 g/mol. The molecule has 1 aliphatic rings. The molecule has 1 aromatic rings. The molecule has 2 nitrogen and oxygen atoms in total. The molecule has 0 amide bonds. The smallest absolute Gasteiger partial charge is 0.126 e.